The molecule has 104 valence electrons. The number of nitrogens with zero attached hydrogens (tertiary/aromatic N) is 2. The summed E-state index contributed by atoms with van der Waals surface area (Å²) in [5, 5.41) is 5.72. The van der Waals surface area contributed by atoms with E-state index in [0.29, 0.717) is 23.5 Å². The van der Waals surface area contributed by atoms with Crippen molar-refractivity contribution in [3.05, 3.63) is 40.3 Å². The Morgan fingerprint density at radius 2 is 2.05 bits per heavy atom. The van der Waals surface area contributed by atoms with Crippen molar-refractivity contribution < 1.29 is 9.53 Å². The third-order valence-electron chi connectivity index (χ3n) is 3.61. The Hall–Kier alpha value is -2.17. The zero-order valence-electron chi connectivity index (χ0n) is 11.3. The number of carbonyl (C=O) groups excluding carboxylic acids is 1. The fourth-order valence-electron chi connectivity index (χ4n) is 2.31. The molecule has 1 aromatic heterocycles. The molecule has 0 saturated heterocycles. The first-order chi connectivity index (χ1) is 9.69. The van der Waals surface area contributed by atoms with E-state index in [1.165, 1.54) is 11.8 Å². The van der Waals surface area contributed by atoms with E-state index >= 15 is 0 Å². The van der Waals surface area contributed by atoms with E-state index < -0.39 is 0 Å². The number of methoxy groups -OCH3 is 1. The van der Waals surface area contributed by atoms with Gasteiger partial charge in [0.15, 0.2) is 0 Å². The number of rotatable bonds is 4. The first-order valence-corrected chi connectivity index (χ1v) is 6.74. The summed E-state index contributed by atoms with van der Waals surface area (Å²) in [6.07, 6.45) is 2.38. The van der Waals surface area contributed by atoms with Crippen molar-refractivity contribution in [3.8, 4) is 0 Å². The van der Waals surface area contributed by atoms with Crippen LogP contribution in [0.3, 0.4) is 0 Å². The van der Waals surface area contributed by atoms with Gasteiger partial charge in [0.2, 0.25) is 0 Å². The molecular weight excluding hydrogens is 256 g/mol. The molecule has 1 heterocycles. The molecule has 5 heteroatoms. The van der Waals surface area contributed by atoms with Gasteiger partial charge in [0, 0.05) is 11.9 Å². The molecule has 1 aliphatic carbocycles. The molecule has 2 aromatic rings. The van der Waals surface area contributed by atoms with Crippen LogP contribution in [0.2, 0.25) is 0 Å². The summed E-state index contributed by atoms with van der Waals surface area (Å²) in [7, 11) is 1.35. The Morgan fingerprint density at radius 1 is 1.35 bits per heavy atom. The SMILES string of the molecule is COC(=O)Cc1nn(CC2CC2)c(=O)c2ccccc12. The Bertz CT molecular complexity index is 717. The van der Waals surface area contributed by atoms with Gasteiger partial charge in [0.05, 0.1) is 24.6 Å². The van der Waals surface area contributed by atoms with Crippen LogP contribution in [-0.4, -0.2) is 22.9 Å². The number of hydrogen-bond acceptors (Lipinski definition) is 4. The van der Waals surface area contributed by atoms with Gasteiger partial charge in [-0.1, -0.05) is 18.2 Å². The molecule has 20 heavy (non-hydrogen) atoms. The average Bonchev–Trinajstić information content (AvgIpc) is 3.28. The number of aromatic nitrogens is 2. The molecule has 0 spiro atoms. The molecule has 0 amide bonds. The summed E-state index contributed by atoms with van der Waals surface area (Å²) in [5.74, 6) is 0.201. The smallest absolute Gasteiger partial charge is 0.311 e. The van der Waals surface area contributed by atoms with Crippen LogP contribution in [0.4, 0.5) is 0 Å². The second-order valence-electron chi connectivity index (χ2n) is 5.18. The van der Waals surface area contributed by atoms with Crippen LogP contribution < -0.4 is 5.56 Å². The maximum Gasteiger partial charge on any atom is 0.311 e. The summed E-state index contributed by atoms with van der Waals surface area (Å²) in [5.41, 5.74) is 0.522. The topological polar surface area (TPSA) is 61.2 Å². The predicted molar refractivity (Wildman–Crippen MR) is 74.4 cm³/mol. The maximum absolute atomic E-state index is 12.4. The Labute approximate surface area is 116 Å². The molecule has 0 atom stereocenters. The zero-order chi connectivity index (χ0) is 14.1. The first-order valence-electron chi connectivity index (χ1n) is 6.74. The lowest BCUT2D eigenvalue weighted by Crippen LogP contribution is -2.26. The van der Waals surface area contributed by atoms with E-state index in [1.807, 2.05) is 18.2 Å². The maximum atomic E-state index is 12.4. The summed E-state index contributed by atoms with van der Waals surface area (Å²) >= 11 is 0. The van der Waals surface area contributed by atoms with Gasteiger partial charge in [-0.25, -0.2) is 4.68 Å². The molecule has 0 bridgehead atoms. The van der Waals surface area contributed by atoms with Gasteiger partial charge in [-0.2, -0.15) is 5.10 Å². The highest BCUT2D eigenvalue weighted by atomic mass is 16.5. The van der Waals surface area contributed by atoms with Crippen molar-refractivity contribution in [2.45, 2.75) is 25.8 Å². The third-order valence-corrected chi connectivity index (χ3v) is 3.61. The lowest BCUT2D eigenvalue weighted by Gasteiger charge is -2.10. The van der Waals surface area contributed by atoms with Gasteiger partial charge in [-0.15, -0.1) is 0 Å². The number of esters is 1. The van der Waals surface area contributed by atoms with Crippen molar-refractivity contribution in [2.24, 2.45) is 5.92 Å². The van der Waals surface area contributed by atoms with E-state index in [-0.39, 0.29) is 17.9 Å². The van der Waals surface area contributed by atoms with Gasteiger partial charge >= 0.3 is 5.97 Å². The number of hydrogen-bond donors (Lipinski definition) is 0. The number of fused-ring (bicyclic) bond motifs is 1. The Kier molecular flexibility index (Phi) is 3.26. The van der Waals surface area contributed by atoms with Crippen molar-refractivity contribution in [3.63, 3.8) is 0 Å². The molecule has 5 nitrogen and oxygen atoms in total. The van der Waals surface area contributed by atoms with E-state index in [1.54, 1.807) is 6.07 Å². The van der Waals surface area contributed by atoms with Crippen LogP contribution in [0.25, 0.3) is 10.8 Å². The highest BCUT2D eigenvalue weighted by Crippen LogP contribution is 2.30. The van der Waals surface area contributed by atoms with Crippen LogP contribution in [-0.2, 0) is 22.5 Å². The minimum absolute atomic E-state index is 0.0823. The Balaban J connectivity index is 2.12. The lowest BCUT2D eigenvalue weighted by atomic mass is 10.1. The number of carbonyl (C=O) groups is 1. The molecule has 0 unspecified atom stereocenters. The minimum Gasteiger partial charge on any atom is -0.469 e. The van der Waals surface area contributed by atoms with E-state index in [0.717, 1.165) is 18.2 Å². The van der Waals surface area contributed by atoms with E-state index in [9.17, 15) is 9.59 Å². The van der Waals surface area contributed by atoms with Crippen molar-refractivity contribution in [1.82, 2.24) is 9.78 Å². The zero-order valence-corrected chi connectivity index (χ0v) is 11.3. The van der Waals surface area contributed by atoms with Crippen LogP contribution in [0.5, 0.6) is 0 Å². The molecule has 1 aromatic carbocycles. The van der Waals surface area contributed by atoms with Crippen LogP contribution in [0.15, 0.2) is 29.1 Å². The minimum atomic E-state index is -0.348. The van der Waals surface area contributed by atoms with Gasteiger partial charge in [-0.3, -0.25) is 9.59 Å². The molecular formula is C15H16N2O3. The first kappa shape index (κ1) is 12.8. The van der Waals surface area contributed by atoms with Crippen LogP contribution >= 0.6 is 0 Å². The number of ether oxygens (including phenoxy) is 1. The van der Waals surface area contributed by atoms with Crippen LogP contribution in [0.1, 0.15) is 18.5 Å². The standard InChI is InChI=1S/C15H16N2O3/c1-20-14(18)8-13-11-4-2-3-5-12(11)15(19)17(16-13)9-10-6-7-10/h2-5,10H,6-9H2,1H3. The quantitative estimate of drug-likeness (QED) is 0.792. The molecule has 0 radical (unpaired) electrons. The average molecular weight is 272 g/mol. The highest BCUT2D eigenvalue weighted by Gasteiger charge is 2.24. The second-order valence-corrected chi connectivity index (χ2v) is 5.18. The largest absolute Gasteiger partial charge is 0.469 e. The predicted octanol–water partition coefficient (Wildman–Crippen LogP) is 1.52. The fourth-order valence-corrected chi connectivity index (χ4v) is 2.31. The van der Waals surface area contributed by atoms with Crippen LogP contribution in [0, 0.1) is 5.92 Å². The van der Waals surface area contributed by atoms with Gasteiger partial charge < -0.3 is 4.74 Å². The van der Waals surface area contributed by atoms with Crippen molar-refractivity contribution >= 4 is 16.7 Å². The molecule has 1 aliphatic rings. The van der Waals surface area contributed by atoms with Gasteiger partial charge in [0.25, 0.3) is 5.56 Å². The molecule has 1 saturated carbocycles. The molecule has 0 N–H and O–H groups in total. The summed E-state index contributed by atoms with van der Waals surface area (Å²) < 4.78 is 6.20. The Morgan fingerprint density at radius 3 is 2.70 bits per heavy atom. The third kappa shape index (κ3) is 2.43. The normalized spacial score (nSPS) is 14.4. The van der Waals surface area contributed by atoms with E-state index in [4.69, 9.17) is 4.74 Å². The van der Waals surface area contributed by atoms with E-state index in [2.05, 4.69) is 5.10 Å². The van der Waals surface area contributed by atoms with Crippen molar-refractivity contribution in [2.75, 3.05) is 7.11 Å². The summed E-state index contributed by atoms with van der Waals surface area (Å²) in [6.45, 7) is 0.637. The summed E-state index contributed by atoms with van der Waals surface area (Å²) in [4.78, 5) is 23.9. The number of benzene rings is 1. The van der Waals surface area contributed by atoms with Gasteiger partial charge in [0.1, 0.15) is 0 Å². The van der Waals surface area contributed by atoms with Gasteiger partial charge in [-0.05, 0) is 24.8 Å². The molecule has 3 rings (SSSR count). The monoisotopic (exact) mass is 272 g/mol. The summed E-state index contributed by atoms with van der Waals surface area (Å²) in [6, 6.07) is 7.27. The lowest BCUT2D eigenvalue weighted by molar-refractivity contribution is -0.139. The molecule has 1 fully saturated rings. The van der Waals surface area contributed by atoms with Crippen molar-refractivity contribution in [1.29, 1.82) is 0 Å². The molecule has 0 aliphatic heterocycles. The second kappa shape index (κ2) is 5.07. The highest BCUT2D eigenvalue weighted by molar-refractivity contribution is 5.86. The fraction of sp³-hybridized carbons (Fsp3) is 0.400.